The molecular formula is C23H35ClN2O3. The number of hydrogen-bond acceptors (Lipinski definition) is 5. The van der Waals surface area contributed by atoms with Crippen molar-refractivity contribution in [3.05, 3.63) is 0 Å². The Balaban J connectivity index is 0.00000205. The lowest BCUT2D eigenvalue weighted by Gasteiger charge is -2.58. The van der Waals surface area contributed by atoms with Crippen molar-refractivity contribution < 1.29 is 14.4 Å². The van der Waals surface area contributed by atoms with Crippen LogP contribution in [0.1, 0.15) is 71.6 Å². The molecule has 0 amide bonds. The standard InChI is InChI=1S/C23H34N2O3.ClH/c1-22-8-5-14(25-28-15-7-10-24-13-15)11-19(22)20(26)12-16-17-3-4-21(27)23(17,2)9-6-18(16)22;/h15-19,24H,3-13H2,1-2H3;1H/t15?,16-,17-,18-,19+,22+,23-;/m0./s1. The van der Waals surface area contributed by atoms with Gasteiger partial charge in [0.25, 0.3) is 0 Å². The van der Waals surface area contributed by atoms with Crippen LogP contribution in [0.2, 0.25) is 0 Å². The van der Waals surface area contributed by atoms with Gasteiger partial charge in [0.05, 0.1) is 5.71 Å². The van der Waals surface area contributed by atoms with E-state index >= 15 is 0 Å². The van der Waals surface area contributed by atoms with E-state index in [2.05, 4.69) is 24.3 Å². The van der Waals surface area contributed by atoms with Gasteiger partial charge in [0.1, 0.15) is 17.7 Å². The van der Waals surface area contributed by atoms with Crippen LogP contribution in [0, 0.1) is 34.5 Å². The van der Waals surface area contributed by atoms with Crippen molar-refractivity contribution in [2.45, 2.75) is 77.7 Å². The van der Waals surface area contributed by atoms with Crippen molar-refractivity contribution >= 4 is 29.7 Å². The quantitative estimate of drug-likeness (QED) is 0.684. The van der Waals surface area contributed by atoms with Crippen molar-refractivity contribution in [3.8, 4) is 0 Å². The third-order valence-electron chi connectivity index (χ3n) is 9.35. The van der Waals surface area contributed by atoms with Crippen LogP contribution >= 0.6 is 12.4 Å². The number of hydrogen-bond donors (Lipinski definition) is 1. The summed E-state index contributed by atoms with van der Waals surface area (Å²) in [4.78, 5) is 31.6. The van der Waals surface area contributed by atoms with E-state index in [0.717, 1.165) is 70.2 Å². The number of nitrogens with one attached hydrogen (secondary N) is 1. The molecule has 1 unspecified atom stereocenters. The molecule has 7 atom stereocenters. The molecule has 1 heterocycles. The van der Waals surface area contributed by atoms with Crippen LogP contribution in [-0.2, 0) is 14.4 Å². The number of ketones is 2. The van der Waals surface area contributed by atoms with Gasteiger partial charge < -0.3 is 10.2 Å². The van der Waals surface area contributed by atoms with Gasteiger partial charge in [-0.3, -0.25) is 9.59 Å². The summed E-state index contributed by atoms with van der Waals surface area (Å²) >= 11 is 0. The summed E-state index contributed by atoms with van der Waals surface area (Å²) < 4.78 is 0. The third-order valence-corrected chi connectivity index (χ3v) is 9.35. The second-order valence-electron chi connectivity index (χ2n) is 10.6. The van der Waals surface area contributed by atoms with Gasteiger partial charge in [-0.25, -0.2) is 0 Å². The Bertz CT molecular complexity index is 719. The van der Waals surface area contributed by atoms with Crippen molar-refractivity contribution in [2.75, 3.05) is 13.1 Å². The van der Waals surface area contributed by atoms with Gasteiger partial charge in [0.15, 0.2) is 0 Å². The lowest BCUT2D eigenvalue weighted by Crippen LogP contribution is -2.56. The molecule has 0 aromatic heterocycles. The molecule has 6 heteroatoms. The first kappa shape index (κ1) is 21.3. The van der Waals surface area contributed by atoms with Crippen LogP contribution in [-0.4, -0.2) is 36.5 Å². The van der Waals surface area contributed by atoms with E-state index in [4.69, 9.17) is 4.84 Å². The molecule has 4 saturated carbocycles. The van der Waals surface area contributed by atoms with E-state index in [1.54, 1.807) is 0 Å². The minimum atomic E-state index is -0.158. The fraction of sp³-hybridized carbons (Fsp3) is 0.870. The monoisotopic (exact) mass is 422 g/mol. The molecule has 5 rings (SSSR count). The molecule has 0 aromatic rings. The summed E-state index contributed by atoms with van der Waals surface area (Å²) in [6, 6.07) is 0. The molecule has 29 heavy (non-hydrogen) atoms. The molecule has 1 N–H and O–H groups in total. The van der Waals surface area contributed by atoms with Crippen molar-refractivity contribution in [2.24, 2.45) is 39.7 Å². The summed E-state index contributed by atoms with van der Waals surface area (Å²) in [6.07, 6.45) is 8.50. The van der Waals surface area contributed by atoms with Crippen LogP contribution in [0.25, 0.3) is 0 Å². The number of halogens is 1. The first-order valence-corrected chi connectivity index (χ1v) is 11.4. The lowest BCUT2D eigenvalue weighted by molar-refractivity contribution is -0.152. The molecule has 0 radical (unpaired) electrons. The molecule has 0 aromatic carbocycles. The van der Waals surface area contributed by atoms with Crippen LogP contribution in [0.3, 0.4) is 0 Å². The Hall–Kier alpha value is -0.940. The van der Waals surface area contributed by atoms with E-state index in [9.17, 15) is 9.59 Å². The highest BCUT2D eigenvalue weighted by Crippen LogP contribution is 2.64. The predicted octanol–water partition coefficient (Wildman–Crippen LogP) is 3.93. The highest BCUT2D eigenvalue weighted by molar-refractivity contribution is 5.93. The molecule has 5 fully saturated rings. The summed E-state index contributed by atoms with van der Waals surface area (Å²) in [6.45, 7) is 6.42. The highest BCUT2D eigenvalue weighted by Gasteiger charge is 2.62. The Labute approximate surface area is 180 Å². The first-order valence-electron chi connectivity index (χ1n) is 11.4. The Morgan fingerprint density at radius 1 is 1.03 bits per heavy atom. The fourth-order valence-electron chi connectivity index (χ4n) is 7.57. The van der Waals surface area contributed by atoms with Crippen LogP contribution < -0.4 is 5.32 Å². The molecule has 0 spiro atoms. The van der Waals surface area contributed by atoms with Crippen LogP contribution in [0.4, 0.5) is 0 Å². The van der Waals surface area contributed by atoms with Crippen molar-refractivity contribution in [3.63, 3.8) is 0 Å². The van der Waals surface area contributed by atoms with Crippen LogP contribution in [0.15, 0.2) is 5.16 Å². The zero-order chi connectivity index (χ0) is 19.5. The van der Waals surface area contributed by atoms with Gasteiger partial charge in [0, 0.05) is 37.1 Å². The molecule has 5 nitrogen and oxygen atoms in total. The maximum atomic E-state index is 13.3. The highest BCUT2D eigenvalue weighted by atomic mass is 35.5. The van der Waals surface area contributed by atoms with Gasteiger partial charge in [-0.2, -0.15) is 0 Å². The topological polar surface area (TPSA) is 67.8 Å². The lowest BCUT2D eigenvalue weighted by atomic mass is 9.45. The third kappa shape index (κ3) is 3.27. The molecule has 1 aliphatic heterocycles. The van der Waals surface area contributed by atoms with E-state index in [1.807, 2.05) is 0 Å². The average molecular weight is 423 g/mol. The number of Topliss-reactive ketones (excluding diaryl/α,β-unsaturated/α-hetero) is 2. The number of carbonyl (C=O) groups excluding carboxylic acids is 2. The molecule has 5 aliphatic rings. The second-order valence-corrected chi connectivity index (χ2v) is 10.6. The van der Waals surface area contributed by atoms with E-state index in [0.29, 0.717) is 35.7 Å². The zero-order valence-corrected chi connectivity index (χ0v) is 18.6. The smallest absolute Gasteiger partial charge is 0.141 e. The van der Waals surface area contributed by atoms with E-state index in [1.165, 1.54) is 0 Å². The first-order chi connectivity index (χ1) is 13.4. The van der Waals surface area contributed by atoms with Gasteiger partial charge in [-0.1, -0.05) is 19.0 Å². The summed E-state index contributed by atoms with van der Waals surface area (Å²) in [5, 5.41) is 7.78. The molecule has 0 bridgehead atoms. The molecule has 162 valence electrons. The minimum absolute atomic E-state index is 0. The Morgan fingerprint density at radius 3 is 2.62 bits per heavy atom. The van der Waals surface area contributed by atoms with E-state index in [-0.39, 0.29) is 35.3 Å². The van der Waals surface area contributed by atoms with Gasteiger partial charge in [0.2, 0.25) is 0 Å². The van der Waals surface area contributed by atoms with Crippen molar-refractivity contribution in [1.82, 2.24) is 5.32 Å². The zero-order valence-electron chi connectivity index (χ0n) is 17.7. The number of fused-ring (bicyclic) bond motifs is 5. The Morgan fingerprint density at radius 2 is 1.86 bits per heavy atom. The molecule has 1 saturated heterocycles. The van der Waals surface area contributed by atoms with Gasteiger partial charge in [-0.15, -0.1) is 12.4 Å². The summed E-state index contributed by atoms with van der Waals surface area (Å²) in [5.41, 5.74) is 0.994. The SMILES string of the molecule is C[C@]12CCC(=NOC3CCNC3)C[C@@H]1C(=O)C[C@@H]1[C@@H]2CC[C@]2(C)C(=O)CC[C@@H]12.Cl. The van der Waals surface area contributed by atoms with Crippen LogP contribution in [0.5, 0.6) is 0 Å². The van der Waals surface area contributed by atoms with Gasteiger partial charge in [-0.05, 0) is 68.2 Å². The fourth-order valence-corrected chi connectivity index (χ4v) is 7.57. The Kier molecular flexibility index (Phi) is 5.61. The predicted molar refractivity (Wildman–Crippen MR) is 114 cm³/mol. The number of carbonyl (C=O) groups is 2. The normalized spacial score (nSPS) is 47.9. The summed E-state index contributed by atoms with van der Waals surface area (Å²) in [7, 11) is 0. The largest absolute Gasteiger partial charge is 0.391 e. The molecule has 4 aliphatic carbocycles. The molecular weight excluding hydrogens is 388 g/mol. The summed E-state index contributed by atoms with van der Waals surface area (Å²) in [5.74, 6) is 2.38. The van der Waals surface area contributed by atoms with Gasteiger partial charge >= 0.3 is 0 Å². The number of rotatable bonds is 2. The average Bonchev–Trinajstić information content (AvgIpc) is 3.29. The van der Waals surface area contributed by atoms with E-state index < -0.39 is 0 Å². The maximum Gasteiger partial charge on any atom is 0.141 e. The van der Waals surface area contributed by atoms with Crippen molar-refractivity contribution in [1.29, 1.82) is 0 Å². The number of oxime groups is 1. The second kappa shape index (κ2) is 7.64. The minimum Gasteiger partial charge on any atom is -0.391 e. The maximum absolute atomic E-state index is 13.3. The number of nitrogens with zero attached hydrogens (tertiary/aromatic N) is 1.